The lowest BCUT2D eigenvalue weighted by molar-refractivity contribution is 0.0907. The number of nitrogens with one attached hydrogen (secondary N) is 1. The van der Waals surface area contributed by atoms with Crippen LogP contribution in [0, 0.1) is 22.7 Å². The van der Waals surface area contributed by atoms with E-state index in [9.17, 15) is 10.1 Å². The molecule has 1 fully saturated rings. The molecule has 0 aromatic heterocycles. The first-order valence-corrected chi connectivity index (χ1v) is 7.43. The SMILES string of the molecule is N#Cc1cccc(C(=O)NC2(C#N)CCCCCCC2)c1. The Morgan fingerprint density at radius 3 is 2.38 bits per heavy atom. The van der Waals surface area contributed by atoms with Crippen molar-refractivity contribution in [3.8, 4) is 12.1 Å². The number of nitriles is 2. The van der Waals surface area contributed by atoms with Crippen molar-refractivity contribution in [2.45, 2.75) is 50.5 Å². The summed E-state index contributed by atoms with van der Waals surface area (Å²) in [5.74, 6) is -0.269. The van der Waals surface area contributed by atoms with E-state index < -0.39 is 5.54 Å². The second-order valence-corrected chi connectivity index (χ2v) is 5.61. The summed E-state index contributed by atoms with van der Waals surface area (Å²) >= 11 is 0. The van der Waals surface area contributed by atoms with Gasteiger partial charge in [-0.2, -0.15) is 10.5 Å². The van der Waals surface area contributed by atoms with Crippen LogP contribution < -0.4 is 5.32 Å². The van der Waals surface area contributed by atoms with Gasteiger partial charge in [0.25, 0.3) is 5.91 Å². The number of rotatable bonds is 2. The number of hydrogen-bond donors (Lipinski definition) is 1. The van der Waals surface area contributed by atoms with Gasteiger partial charge in [0.05, 0.1) is 17.7 Å². The topological polar surface area (TPSA) is 76.7 Å². The molecule has 1 aromatic carbocycles. The minimum Gasteiger partial charge on any atom is -0.334 e. The van der Waals surface area contributed by atoms with E-state index in [0.717, 1.165) is 25.7 Å². The average Bonchev–Trinajstić information content (AvgIpc) is 2.50. The van der Waals surface area contributed by atoms with E-state index in [4.69, 9.17) is 5.26 Å². The maximum atomic E-state index is 12.4. The molecule has 0 unspecified atom stereocenters. The quantitative estimate of drug-likeness (QED) is 0.903. The van der Waals surface area contributed by atoms with Crippen molar-refractivity contribution in [2.24, 2.45) is 0 Å². The van der Waals surface area contributed by atoms with Gasteiger partial charge in [0.15, 0.2) is 0 Å². The van der Waals surface area contributed by atoms with Crippen molar-refractivity contribution in [1.82, 2.24) is 5.32 Å². The van der Waals surface area contributed by atoms with E-state index >= 15 is 0 Å². The maximum absolute atomic E-state index is 12.4. The van der Waals surface area contributed by atoms with Crippen LogP contribution in [0.5, 0.6) is 0 Å². The molecule has 0 heterocycles. The average molecular weight is 281 g/mol. The number of benzene rings is 1. The van der Waals surface area contributed by atoms with Gasteiger partial charge < -0.3 is 5.32 Å². The fourth-order valence-electron chi connectivity index (χ4n) is 2.79. The van der Waals surface area contributed by atoms with Gasteiger partial charge in [-0.1, -0.05) is 38.2 Å². The monoisotopic (exact) mass is 281 g/mol. The zero-order valence-electron chi connectivity index (χ0n) is 12.1. The fraction of sp³-hybridized carbons (Fsp3) is 0.471. The van der Waals surface area contributed by atoms with Crippen molar-refractivity contribution in [1.29, 1.82) is 10.5 Å². The van der Waals surface area contributed by atoms with Gasteiger partial charge in [0.2, 0.25) is 0 Å². The molecule has 0 aliphatic heterocycles. The van der Waals surface area contributed by atoms with Gasteiger partial charge in [0, 0.05) is 5.56 Å². The lowest BCUT2D eigenvalue weighted by Gasteiger charge is -2.29. The number of carbonyl (C=O) groups is 1. The molecule has 0 saturated heterocycles. The third-order valence-electron chi connectivity index (χ3n) is 4.03. The van der Waals surface area contributed by atoms with Crippen LogP contribution in [0.15, 0.2) is 24.3 Å². The molecule has 1 aliphatic rings. The minimum atomic E-state index is -0.764. The minimum absolute atomic E-state index is 0.269. The van der Waals surface area contributed by atoms with Crippen LogP contribution in [0.1, 0.15) is 60.9 Å². The molecule has 108 valence electrons. The zero-order chi connectivity index (χ0) is 15.1. The van der Waals surface area contributed by atoms with Crippen molar-refractivity contribution >= 4 is 5.91 Å². The molecular formula is C17H19N3O. The predicted octanol–water partition coefficient (Wildman–Crippen LogP) is 3.29. The van der Waals surface area contributed by atoms with E-state index in [0.29, 0.717) is 24.0 Å². The second-order valence-electron chi connectivity index (χ2n) is 5.61. The van der Waals surface area contributed by atoms with Crippen molar-refractivity contribution in [2.75, 3.05) is 0 Å². The van der Waals surface area contributed by atoms with Crippen molar-refractivity contribution < 1.29 is 4.79 Å². The molecule has 0 radical (unpaired) electrons. The molecular weight excluding hydrogens is 262 g/mol. The van der Waals surface area contributed by atoms with Gasteiger partial charge in [-0.05, 0) is 31.0 Å². The zero-order valence-corrected chi connectivity index (χ0v) is 12.1. The van der Waals surface area contributed by atoms with Crippen LogP contribution in [0.3, 0.4) is 0 Å². The molecule has 1 aliphatic carbocycles. The van der Waals surface area contributed by atoms with Gasteiger partial charge in [-0.15, -0.1) is 0 Å². The molecule has 4 nitrogen and oxygen atoms in total. The highest BCUT2D eigenvalue weighted by atomic mass is 16.1. The molecule has 0 spiro atoms. The lowest BCUT2D eigenvalue weighted by atomic mass is 9.85. The van der Waals surface area contributed by atoms with Crippen LogP contribution >= 0.6 is 0 Å². The summed E-state index contributed by atoms with van der Waals surface area (Å²) in [5.41, 5.74) is 0.122. The van der Waals surface area contributed by atoms with E-state index in [1.165, 1.54) is 6.42 Å². The highest BCUT2D eigenvalue weighted by molar-refractivity contribution is 5.95. The van der Waals surface area contributed by atoms with E-state index in [-0.39, 0.29) is 5.91 Å². The Morgan fingerprint density at radius 2 is 1.76 bits per heavy atom. The summed E-state index contributed by atoms with van der Waals surface area (Å²) < 4.78 is 0. The first-order valence-electron chi connectivity index (χ1n) is 7.43. The van der Waals surface area contributed by atoms with E-state index in [1.807, 2.05) is 6.07 Å². The normalized spacial score (nSPS) is 17.6. The summed E-state index contributed by atoms with van der Waals surface area (Å²) in [7, 11) is 0. The number of amides is 1. The molecule has 1 amide bonds. The van der Waals surface area contributed by atoms with Crippen molar-refractivity contribution in [3.05, 3.63) is 35.4 Å². The van der Waals surface area contributed by atoms with Crippen LogP contribution in [0.25, 0.3) is 0 Å². The first kappa shape index (κ1) is 15.1. The van der Waals surface area contributed by atoms with Gasteiger partial charge in [-0.25, -0.2) is 0 Å². The lowest BCUT2D eigenvalue weighted by Crippen LogP contribution is -2.47. The Morgan fingerprint density at radius 1 is 1.10 bits per heavy atom. The molecule has 21 heavy (non-hydrogen) atoms. The Hall–Kier alpha value is -2.33. The second kappa shape index (κ2) is 6.90. The molecule has 1 saturated carbocycles. The predicted molar refractivity (Wildman–Crippen MR) is 79.3 cm³/mol. The third kappa shape index (κ3) is 3.83. The summed E-state index contributed by atoms with van der Waals surface area (Å²) in [4.78, 5) is 12.4. The van der Waals surface area contributed by atoms with Crippen LogP contribution in [-0.4, -0.2) is 11.4 Å². The van der Waals surface area contributed by atoms with E-state index in [1.54, 1.807) is 24.3 Å². The largest absolute Gasteiger partial charge is 0.334 e. The van der Waals surface area contributed by atoms with Crippen LogP contribution in [0.2, 0.25) is 0 Å². The maximum Gasteiger partial charge on any atom is 0.252 e. The standard InChI is InChI=1S/C17H19N3O/c18-12-14-7-6-8-15(11-14)16(21)20-17(13-19)9-4-2-1-3-5-10-17/h6-8,11H,1-5,9-10H2,(H,20,21). The number of nitrogens with zero attached hydrogens (tertiary/aromatic N) is 2. The van der Waals surface area contributed by atoms with Crippen molar-refractivity contribution in [3.63, 3.8) is 0 Å². The number of hydrogen-bond acceptors (Lipinski definition) is 3. The van der Waals surface area contributed by atoms with Crippen LogP contribution in [-0.2, 0) is 0 Å². The Bertz CT molecular complexity index is 587. The van der Waals surface area contributed by atoms with Gasteiger partial charge in [0.1, 0.15) is 5.54 Å². The smallest absolute Gasteiger partial charge is 0.252 e. The van der Waals surface area contributed by atoms with E-state index in [2.05, 4.69) is 11.4 Å². The Labute approximate surface area is 125 Å². The third-order valence-corrected chi connectivity index (χ3v) is 4.03. The summed E-state index contributed by atoms with van der Waals surface area (Å²) in [5, 5.41) is 21.3. The molecule has 0 bridgehead atoms. The Balaban J connectivity index is 2.15. The highest BCUT2D eigenvalue weighted by Gasteiger charge is 2.32. The molecule has 2 rings (SSSR count). The summed E-state index contributed by atoms with van der Waals surface area (Å²) in [6.45, 7) is 0. The summed E-state index contributed by atoms with van der Waals surface area (Å²) in [6.07, 6.45) is 6.77. The van der Waals surface area contributed by atoms with Gasteiger partial charge >= 0.3 is 0 Å². The fourth-order valence-corrected chi connectivity index (χ4v) is 2.79. The van der Waals surface area contributed by atoms with Gasteiger partial charge in [-0.3, -0.25) is 4.79 Å². The molecule has 0 atom stereocenters. The van der Waals surface area contributed by atoms with Crippen LogP contribution in [0.4, 0.5) is 0 Å². The number of carbonyl (C=O) groups excluding carboxylic acids is 1. The Kier molecular flexibility index (Phi) is 4.95. The molecule has 1 N–H and O–H groups in total. The molecule has 1 aromatic rings. The summed E-state index contributed by atoms with van der Waals surface area (Å²) in [6, 6.07) is 10.9. The highest BCUT2D eigenvalue weighted by Crippen LogP contribution is 2.26. The first-order chi connectivity index (χ1) is 10.2. The molecule has 4 heteroatoms.